The number of hydrogen-bond donors (Lipinski definition) is 2. The molecule has 0 saturated heterocycles. The number of nitrogens with one attached hydrogen (secondary N) is 2. The van der Waals surface area contributed by atoms with Gasteiger partial charge in [0.2, 0.25) is 0 Å². The van der Waals surface area contributed by atoms with Crippen LogP contribution >= 0.6 is 0 Å². The van der Waals surface area contributed by atoms with E-state index in [2.05, 4.69) is 20.6 Å². The van der Waals surface area contributed by atoms with Crippen LogP contribution in [0.1, 0.15) is 11.3 Å². The van der Waals surface area contributed by atoms with E-state index in [-0.39, 0.29) is 6.10 Å². The van der Waals surface area contributed by atoms with Gasteiger partial charge in [0.1, 0.15) is 24.9 Å². The van der Waals surface area contributed by atoms with E-state index >= 15 is 0 Å². The summed E-state index contributed by atoms with van der Waals surface area (Å²) in [6, 6.07) is 7.76. The Morgan fingerprint density at radius 2 is 2.00 bits per heavy atom. The average Bonchev–Trinajstić information content (AvgIpc) is 2.85. The Kier molecular flexibility index (Phi) is 3.98. The molecule has 6 nitrogen and oxygen atoms in total. The zero-order chi connectivity index (χ0) is 15.5. The molecule has 2 aliphatic rings. The van der Waals surface area contributed by atoms with Crippen molar-refractivity contribution < 1.29 is 9.47 Å². The Bertz CT molecular complexity index is 692. The van der Waals surface area contributed by atoms with Crippen LogP contribution in [0, 0.1) is 0 Å². The summed E-state index contributed by atoms with van der Waals surface area (Å²) in [4.78, 5) is 8.83. The predicted molar refractivity (Wildman–Crippen MR) is 87.2 cm³/mol. The van der Waals surface area contributed by atoms with Gasteiger partial charge in [-0.25, -0.2) is 9.97 Å². The molecule has 120 valence electrons. The van der Waals surface area contributed by atoms with Gasteiger partial charge in [0, 0.05) is 18.5 Å². The molecule has 1 atom stereocenters. The first-order chi connectivity index (χ1) is 11.4. The molecule has 4 rings (SSSR count). The minimum atomic E-state index is -0.0283. The summed E-state index contributed by atoms with van der Waals surface area (Å²) in [5.74, 6) is 2.53. The molecule has 0 unspecified atom stereocenters. The number of rotatable bonds is 3. The summed E-state index contributed by atoms with van der Waals surface area (Å²) in [5.41, 5.74) is 2.35. The molecule has 0 aliphatic carbocycles. The SMILES string of the molecule is c1ccc2c(c1)OC[C@H](CNc1ncnc3c1CCNCC3)O2. The molecule has 6 heteroatoms. The second-order valence-corrected chi connectivity index (χ2v) is 5.78. The lowest BCUT2D eigenvalue weighted by Crippen LogP contribution is -2.35. The van der Waals surface area contributed by atoms with E-state index in [1.807, 2.05) is 24.3 Å². The fourth-order valence-electron chi connectivity index (χ4n) is 3.00. The molecule has 0 amide bonds. The van der Waals surface area contributed by atoms with Crippen LogP contribution in [0.2, 0.25) is 0 Å². The number of anilines is 1. The third-order valence-corrected chi connectivity index (χ3v) is 4.19. The van der Waals surface area contributed by atoms with Crippen LogP contribution in [0.5, 0.6) is 11.5 Å². The first-order valence-corrected chi connectivity index (χ1v) is 8.06. The molecular formula is C17H20N4O2. The van der Waals surface area contributed by atoms with E-state index in [4.69, 9.17) is 9.47 Å². The Morgan fingerprint density at radius 1 is 1.13 bits per heavy atom. The Labute approximate surface area is 135 Å². The van der Waals surface area contributed by atoms with Gasteiger partial charge in [0.05, 0.1) is 12.2 Å². The van der Waals surface area contributed by atoms with Crippen molar-refractivity contribution in [3.8, 4) is 11.5 Å². The summed E-state index contributed by atoms with van der Waals surface area (Å²) in [6.07, 6.45) is 3.51. The van der Waals surface area contributed by atoms with Crippen molar-refractivity contribution in [2.75, 3.05) is 31.6 Å². The monoisotopic (exact) mass is 312 g/mol. The molecular weight excluding hydrogens is 292 g/mol. The van der Waals surface area contributed by atoms with Crippen molar-refractivity contribution in [3.63, 3.8) is 0 Å². The lowest BCUT2D eigenvalue weighted by atomic mass is 10.1. The van der Waals surface area contributed by atoms with Crippen molar-refractivity contribution in [3.05, 3.63) is 41.9 Å². The maximum atomic E-state index is 5.98. The number of nitrogens with zero attached hydrogens (tertiary/aromatic N) is 2. The minimum absolute atomic E-state index is 0.0283. The van der Waals surface area contributed by atoms with E-state index in [0.717, 1.165) is 48.9 Å². The van der Waals surface area contributed by atoms with Crippen molar-refractivity contribution in [1.29, 1.82) is 0 Å². The smallest absolute Gasteiger partial charge is 0.161 e. The number of fused-ring (bicyclic) bond motifs is 2. The Balaban J connectivity index is 1.44. The van der Waals surface area contributed by atoms with E-state index in [0.29, 0.717) is 13.2 Å². The van der Waals surface area contributed by atoms with Crippen molar-refractivity contribution >= 4 is 5.82 Å². The Hall–Kier alpha value is -2.34. The molecule has 2 aliphatic heterocycles. The lowest BCUT2D eigenvalue weighted by Gasteiger charge is -2.27. The molecule has 0 fully saturated rings. The van der Waals surface area contributed by atoms with E-state index in [1.165, 1.54) is 5.56 Å². The van der Waals surface area contributed by atoms with E-state index < -0.39 is 0 Å². The molecule has 0 radical (unpaired) electrons. The summed E-state index contributed by atoms with van der Waals surface area (Å²) >= 11 is 0. The van der Waals surface area contributed by atoms with Gasteiger partial charge in [0.25, 0.3) is 0 Å². The topological polar surface area (TPSA) is 68.3 Å². The highest BCUT2D eigenvalue weighted by Crippen LogP contribution is 2.31. The average molecular weight is 312 g/mol. The van der Waals surface area contributed by atoms with Gasteiger partial charge in [0.15, 0.2) is 11.5 Å². The number of hydrogen-bond acceptors (Lipinski definition) is 6. The maximum absolute atomic E-state index is 5.98. The fourth-order valence-corrected chi connectivity index (χ4v) is 3.00. The summed E-state index contributed by atoms with van der Waals surface area (Å²) in [5, 5.41) is 6.81. The molecule has 0 bridgehead atoms. The molecule has 1 aromatic carbocycles. The standard InChI is InChI=1S/C17H20N4O2/c1-2-4-16-15(3-1)22-10-12(23-16)9-19-17-13-5-7-18-8-6-14(13)20-11-21-17/h1-4,11-12,18H,5-10H2,(H,19,20,21)/t12-/m0/s1. The molecule has 0 saturated carbocycles. The van der Waals surface area contributed by atoms with Gasteiger partial charge in [-0.1, -0.05) is 12.1 Å². The molecule has 23 heavy (non-hydrogen) atoms. The van der Waals surface area contributed by atoms with Gasteiger partial charge in [-0.3, -0.25) is 0 Å². The summed E-state index contributed by atoms with van der Waals surface area (Å²) < 4.78 is 11.7. The van der Waals surface area contributed by atoms with Gasteiger partial charge < -0.3 is 20.1 Å². The highest BCUT2D eigenvalue weighted by atomic mass is 16.6. The van der Waals surface area contributed by atoms with Gasteiger partial charge >= 0.3 is 0 Å². The van der Waals surface area contributed by atoms with Crippen molar-refractivity contribution in [2.45, 2.75) is 18.9 Å². The van der Waals surface area contributed by atoms with E-state index in [9.17, 15) is 0 Å². The number of ether oxygens (including phenoxy) is 2. The largest absolute Gasteiger partial charge is 0.486 e. The van der Waals surface area contributed by atoms with Gasteiger partial charge in [-0.15, -0.1) is 0 Å². The third-order valence-electron chi connectivity index (χ3n) is 4.19. The molecule has 2 aromatic rings. The Morgan fingerprint density at radius 3 is 2.96 bits per heavy atom. The summed E-state index contributed by atoms with van der Waals surface area (Å²) in [7, 11) is 0. The second kappa shape index (κ2) is 6.42. The van der Waals surface area contributed by atoms with Crippen LogP contribution in [0.25, 0.3) is 0 Å². The summed E-state index contributed by atoms with van der Waals surface area (Å²) in [6.45, 7) is 3.13. The molecule has 3 heterocycles. The van der Waals surface area contributed by atoms with Crippen LogP contribution in [-0.4, -0.2) is 42.3 Å². The zero-order valence-corrected chi connectivity index (χ0v) is 12.9. The number of benzene rings is 1. The quantitative estimate of drug-likeness (QED) is 0.893. The molecule has 1 aromatic heterocycles. The van der Waals surface area contributed by atoms with Gasteiger partial charge in [-0.05, 0) is 25.1 Å². The van der Waals surface area contributed by atoms with Crippen molar-refractivity contribution in [1.82, 2.24) is 15.3 Å². The minimum Gasteiger partial charge on any atom is -0.486 e. The molecule has 2 N–H and O–H groups in total. The zero-order valence-electron chi connectivity index (χ0n) is 12.9. The predicted octanol–water partition coefficient (Wildman–Crippen LogP) is 1.42. The van der Waals surface area contributed by atoms with Crippen LogP contribution in [0.3, 0.4) is 0 Å². The van der Waals surface area contributed by atoms with Crippen LogP contribution in [-0.2, 0) is 12.8 Å². The fraction of sp³-hybridized carbons (Fsp3) is 0.412. The third kappa shape index (κ3) is 3.07. The first kappa shape index (κ1) is 14.3. The highest BCUT2D eigenvalue weighted by Gasteiger charge is 2.21. The van der Waals surface area contributed by atoms with Crippen LogP contribution in [0.4, 0.5) is 5.82 Å². The van der Waals surface area contributed by atoms with Crippen LogP contribution in [0.15, 0.2) is 30.6 Å². The van der Waals surface area contributed by atoms with Crippen LogP contribution < -0.4 is 20.1 Å². The van der Waals surface area contributed by atoms with Gasteiger partial charge in [-0.2, -0.15) is 0 Å². The normalized spacial score (nSPS) is 19.6. The first-order valence-electron chi connectivity index (χ1n) is 8.06. The number of para-hydroxylation sites is 2. The van der Waals surface area contributed by atoms with E-state index in [1.54, 1.807) is 6.33 Å². The lowest BCUT2D eigenvalue weighted by molar-refractivity contribution is 0.0997. The maximum Gasteiger partial charge on any atom is 0.161 e. The number of aromatic nitrogens is 2. The highest BCUT2D eigenvalue weighted by molar-refractivity contribution is 5.47. The second-order valence-electron chi connectivity index (χ2n) is 5.78. The molecule has 0 spiro atoms. The van der Waals surface area contributed by atoms with Crippen molar-refractivity contribution in [2.24, 2.45) is 0 Å².